The maximum absolute atomic E-state index is 13.0. The highest BCUT2D eigenvalue weighted by molar-refractivity contribution is 7.99. The lowest BCUT2D eigenvalue weighted by Gasteiger charge is -2.41. The molecule has 0 radical (unpaired) electrons. The first-order valence-electron chi connectivity index (χ1n) is 11.5. The number of hydrogen-bond acceptors (Lipinski definition) is 5. The number of benzene rings is 1. The van der Waals surface area contributed by atoms with Crippen LogP contribution in [0.5, 0.6) is 0 Å². The van der Waals surface area contributed by atoms with Crippen LogP contribution in [0, 0.1) is 0 Å². The molecular weight excluding hydrogens is 408 g/mol. The molecule has 31 heavy (non-hydrogen) atoms. The smallest absolute Gasteiger partial charge is 0.237 e. The molecule has 1 atom stereocenters. The first kappa shape index (κ1) is 22.4. The number of amides is 2. The van der Waals surface area contributed by atoms with Gasteiger partial charge < -0.3 is 10.2 Å². The first-order chi connectivity index (χ1) is 15.2. The minimum absolute atomic E-state index is 0.0200. The number of piperazine rings is 1. The third kappa shape index (κ3) is 6.11. The average molecular weight is 443 g/mol. The summed E-state index contributed by atoms with van der Waals surface area (Å²) >= 11 is 2.04. The fraction of sp³-hybridized carbons (Fsp3) is 0.583. The third-order valence-electron chi connectivity index (χ3n) is 6.64. The van der Waals surface area contributed by atoms with Crippen molar-refractivity contribution in [2.45, 2.75) is 31.3 Å². The Morgan fingerprint density at radius 1 is 1.06 bits per heavy atom. The summed E-state index contributed by atoms with van der Waals surface area (Å²) in [7, 11) is 0. The number of carbonyl (C=O) groups excluding carboxylic acids is 2. The molecule has 7 heteroatoms. The van der Waals surface area contributed by atoms with Gasteiger partial charge in [0, 0.05) is 63.4 Å². The molecule has 3 fully saturated rings. The van der Waals surface area contributed by atoms with E-state index < -0.39 is 0 Å². The SMILES string of the molecule is O=C1NCCN(CC=Cc2ccccc2)C1CC(=O)N1CCC(N2CCSCC2)CC1. The molecule has 1 aromatic carbocycles. The molecule has 3 heterocycles. The van der Waals surface area contributed by atoms with Crippen LogP contribution in [0.15, 0.2) is 36.4 Å². The number of nitrogens with one attached hydrogen (secondary N) is 1. The molecule has 3 aliphatic rings. The van der Waals surface area contributed by atoms with E-state index in [1.54, 1.807) is 0 Å². The number of hydrogen-bond donors (Lipinski definition) is 1. The highest BCUT2D eigenvalue weighted by Gasteiger charge is 2.34. The van der Waals surface area contributed by atoms with Crippen LogP contribution in [0.2, 0.25) is 0 Å². The number of nitrogens with zero attached hydrogens (tertiary/aromatic N) is 3. The van der Waals surface area contributed by atoms with Crippen LogP contribution in [-0.2, 0) is 9.59 Å². The van der Waals surface area contributed by atoms with Crippen molar-refractivity contribution in [3.8, 4) is 0 Å². The lowest BCUT2D eigenvalue weighted by molar-refractivity contribution is -0.139. The molecular formula is C24H34N4O2S. The molecule has 1 unspecified atom stereocenters. The molecule has 168 valence electrons. The molecule has 3 saturated heterocycles. The summed E-state index contributed by atoms with van der Waals surface area (Å²) < 4.78 is 0. The predicted octanol–water partition coefficient (Wildman–Crippen LogP) is 1.93. The van der Waals surface area contributed by atoms with E-state index in [0.29, 0.717) is 19.1 Å². The third-order valence-corrected chi connectivity index (χ3v) is 7.58. The molecule has 6 nitrogen and oxygen atoms in total. The van der Waals surface area contributed by atoms with Gasteiger partial charge in [-0.1, -0.05) is 42.5 Å². The summed E-state index contributed by atoms with van der Waals surface area (Å²) in [5.41, 5.74) is 1.15. The van der Waals surface area contributed by atoms with Crippen molar-refractivity contribution in [3.05, 3.63) is 42.0 Å². The lowest BCUT2D eigenvalue weighted by Crippen LogP contribution is -2.57. The lowest BCUT2D eigenvalue weighted by atomic mass is 10.0. The van der Waals surface area contributed by atoms with Crippen molar-refractivity contribution >= 4 is 29.7 Å². The van der Waals surface area contributed by atoms with Crippen LogP contribution in [0.3, 0.4) is 0 Å². The Morgan fingerprint density at radius 3 is 2.55 bits per heavy atom. The van der Waals surface area contributed by atoms with Gasteiger partial charge in [0.25, 0.3) is 0 Å². The molecule has 2 amide bonds. The Hall–Kier alpha value is -1.83. The normalized spacial score (nSPS) is 24.5. The van der Waals surface area contributed by atoms with Gasteiger partial charge >= 0.3 is 0 Å². The Labute approximate surface area is 190 Å². The van der Waals surface area contributed by atoms with Crippen LogP contribution in [0.4, 0.5) is 0 Å². The van der Waals surface area contributed by atoms with Gasteiger partial charge in [0.15, 0.2) is 0 Å². The number of likely N-dealkylation sites (tertiary alicyclic amines) is 1. The largest absolute Gasteiger partial charge is 0.353 e. The summed E-state index contributed by atoms with van der Waals surface area (Å²) in [6.45, 7) is 6.08. The molecule has 0 aromatic heterocycles. The van der Waals surface area contributed by atoms with Crippen molar-refractivity contribution in [1.29, 1.82) is 0 Å². The number of piperidine rings is 1. The van der Waals surface area contributed by atoms with E-state index in [1.807, 2.05) is 34.9 Å². The van der Waals surface area contributed by atoms with Gasteiger partial charge in [-0.25, -0.2) is 0 Å². The highest BCUT2D eigenvalue weighted by Crippen LogP contribution is 2.22. The minimum Gasteiger partial charge on any atom is -0.353 e. The summed E-state index contributed by atoms with van der Waals surface area (Å²) in [5.74, 6) is 2.55. The zero-order chi connectivity index (χ0) is 21.5. The zero-order valence-corrected chi connectivity index (χ0v) is 19.1. The van der Waals surface area contributed by atoms with E-state index in [2.05, 4.69) is 39.4 Å². The summed E-state index contributed by atoms with van der Waals surface area (Å²) in [4.78, 5) is 32.3. The van der Waals surface area contributed by atoms with E-state index in [-0.39, 0.29) is 24.3 Å². The molecule has 1 aromatic rings. The molecule has 0 spiro atoms. The summed E-state index contributed by atoms with van der Waals surface area (Å²) in [6, 6.07) is 10.4. The first-order valence-corrected chi connectivity index (χ1v) is 12.7. The van der Waals surface area contributed by atoms with Crippen LogP contribution in [0.1, 0.15) is 24.8 Å². The molecule has 0 bridgehead atoms. The fourth-order valence-corrected chi connectivity index (χ4v) is 5.74. The number of rotatable bonds is 6. The second-order valence-electron chi connectivity index (χ2n) is 8.58. The van der Waals surface area contributed by atoms with Crippen molar-refractivity contribution < 1.29 is 9.59 Å². The minimum atomic E-state index is -0.376. The van der Waals surface area contributed by atoms with E-state index in [1.165, 1.54) is 24.6 Å². The van der Waals surface area contributed by atoms with Crippen molar-refractivity contribution in [2.24, 2.45) is 0 Å². The van der Waals surface area contributed by atoms with Crippen molar-refractivity contribution in [2.75, 3.05) is 57.3 Å². The fourth-order valence-electron chi connectivity index (χ4n) is 4.81. The molecule has 0 saturated carbocycles. The topological polar surface area (TPSA) is 55.9 Å². The van der Waals surface area contributed by atoms with Gasteiger partial charge in [-0.05, 0) is 18.4 Å². The molecule has 1 N–H and O–H groups in total. The predicted molar refractivity (Wildman–Crippen MR) is 127 cm³/mol. The highest BCUT2D eigenvalue weighted by atomic mass is 32.2. The van der Waals surface area contributed by atoms with Gasteiger partial charge in [-0.3, -0.25) is 19.4 Å². The number of carbonyl (C=O) groups is 2. The average Bonchev–Trinajstić information content (AvgIpc) is 2.82. The van der Waals surface area contributed by atoms with Crippen LogP contribution >= 0.6 is 11.8 Å². The molecule has 0 aliphatic carbocycles. The Bertz CT molecular complexity index is 758. The Kier molecular flexibility index (Phi) is 8.05. The summed E-state index contributed by atoms with van der Waals surface area (Å²) in [6.07, 6.45) is 6.55. The second kappa shape index (κ2) is 11.2. The van der Waals surface area contributed by atoms with E-state index in [4.69, 9.17) is 0 Å². The van der Waals surface area contributed by atoms with Crippen molar-refractivity contribution in [1.82, 2.24) is 20.0 Å². The van der Waals surface area contributed by atoms with Gasteiger partial charge in [0.1, 0.15) is 0 Å². The van der Waals surface area contributed by atoms with Gasteiger partial charge in [0.2, 0.25) is 11.8 Å². The zero-order valence-electron chi connectivity index (χ0n) is 18.2. The van der Waals surface area contributed by atoms with E-state index in [9.17, 15) is 9.59 Å². The monoisotopic (exact) mass is 442 g/mol. The van der Waals surface area contributed by atoms with Crippen LogP contribution in [0.25, 0.3) is 6.08 Å². The Balaban J connectivity index is 1.29. The van der Waals surface area contributed by atoms with Gasteiger partial charge in [-0.15, -0.1) is 0 Å². The maximum Gasteiger partial charge on any atom is 0.237 e. The van der Waals surface area contributed by atoms with Crippen molar-refractivity contribution in [3.63, 3.8) is 0 Å². The van der Waals surface area contributed by atoms with Crippen LogP contribution < -0.4 is 5.32 Å². The van der Waals surface area contributed by atoms with Gasteiger partial charge in [0.05, 0.1) is 12.5 Å². The standard InChI is InChI=1S/C24H34N4O2S/c29-23(28-12-8-21(9-13-28)26-15-17-31-18-16-26)19-22-24(30)25-10-14-27(22)11-4-7-20-5-2-1-3-6-20/h1-7,21-22H,8-19H2,(H,25,30). The quantitative estimate of drug-likeness (QED) is 0.730. The summed E-state index contributed by atoms with van der Waals surface area (Å²) in [5, 5.41) is 2.94. The molecule has 4 rings (SSSR count). The molecule has 3 aliphatic heterocycles. The Morgan fingerprint density at radius 2 is 1.81 bits per heavy atom. The maximum atomic E-state index is 13.0. The van der Waals surface area contributed by atoms with E-state index >= 15 is 0 Å². The van der Waals surface area contributed by atoms with Crippen LogP contribution in [-0.4, -0.2) is 95.9 Å². The van der Waals surface area contributed by atoms with E-state index in [0.717, 1.165) is 38.0 Å². The van der Waals surface area contributed by atoms with Gasteiger partial charge in [-0.2, -0.15) is 11.8 Å². The second-order valence-corrected chi connectivity index (χ2v) is 9.80. The number of thioether (sulfide) groups is 1.